The second kappa shape index (κ2) is 4.91. The zero-order valence-corrected chi connectivity index (χ0v) is 6.64. The Kier molecular flexibility index (Phi) is 4.99. The second-order valence-electron chi connectivity index (χ2n) is 2.48. The molecule has 0 aromatic rings. The van der Waals surface area contributed by atoms with Crippen LogP contribution in [0.25, 0.3) is 0 Å². The molecule has 62 valence electrons. The van der Waals surface area contributed by atoms with Gasteiger partial charge in [0.2, 0.25) is 0 Å². The van der Waals surface area contributed by atoms with Gasteiger partial charge in [0.05, 0.1) is 19.3 Å². The van der Waals surface area contributed by atoms with E-state index in [0.717, 1.165) is 12.8 Å². The molecule has 10 heavy (non-hydrogen) atoms. The Morgan fingerprint density at radius 1 is 1.50 bits per heavy atom. The highest BCUT2D eigenvalue weighted by Gasteiger charge is 2.17. The van der Waals surface area contributed by atoms with Crippen molar-refractivity contribution >= 4 is 12.4 Å². The number of nitrogens with two attached hydrogens (primary N) is 1. The molecule has 0 aromatic heterocycles. The van der Waals surface area contributed by atoms with Crippen LogP contribution in [0.2, 0.25) is 0 Å². The molecule has 1 aliphatic rings. The maximum absolute atomic E-state index is 8.61. The van der Waals surface area contributed by atoms with Gasteiger partial charge in [0.25, 0.3) is 0 Å². The molecule has 0 amide bonds. The smallest absolute Gasteiger partial charge is 0.0807 e. The average Bonchev–Trinajstić information content (AvgIpc) is 1.90. The SMILES string of the molecule is Cl.NC1CCC(CO)OC1. The van der Waals surface area contributed by atoms with E-state index in [-0.39, 0.29) is 31.2 Å². The van der Waals surface area contributed by atoms with Gasteiger partial charge in [0, 0.05) is 6.04 Å². The first-order chi connectivity index (χ1) is 4.33. The van der Waals surface area contributed by atoms with Crippen molar-refractivity contribution in [2.45, 2.75) is 25.0 Å². The normalized spacial score (nSPS) is 33.0. The molecule has 1 saturated heterocycles. The second-order valence-corrected chi connectivity index (χ2v) is 2.48. The van der Waals surface area contributed by atoms with Crippen LogP contribution in [0, 0.1) is 0 Å². The van der Waals surface area contributed by atoms with Crippen LogP contribution in [0.3, 0.4) is 0 Å². The summed E-state index contributed by atoms with van der Waals surface area (Å²) >= 11 is 0. The number of halogens is 1. The molecule has 1 aliphatic heterocycles. The molecule has 0 aliphatic carbocycles. The molecule has 3 N–H and O–H groups in total. The van der Waals surface area contributed by atoms with Crippen molar-refractivity contribution in [2.75, 3.05) is 13.2 Å². The summed E-state index contributed by atoms with van der Waals surface area (Å²) in [5.74, 6) is 0. The minimum atomic E-state index is 0. The van der Waals surface area contributed by atoms with E-state index in [2.05, 4.69) is 0 Å². The van der Waals surface area contributed by atoms with Gasteiger partial charge in [-0.2, -0.15) is 0 Å². The van der Waals surface area contributed by atoms with Gasteiger partial charge in [-0.25, -0.2) is 0 Å². The summed E-state index contributed by atoms with van der Waals surface area (Å²) in [5.41, 5.74) is 5.55. The van der Waals surface area contributed by atoms with Crippen molar-refractivity contribution in [3.63, 3.8) is 0 Å². The van der Waals surface area contributed by atoms with E-state index < -0.39 is 0 Å². The number of aliphatic hydroxyl groups is 1. The van der Waals surface area contributed by atoms with Gasteiger partial charge in [-0.05, 0) is 12.8 Å². The van der Waals surface area contributed by atoms with Crippen molar-refractivity contribution in [2.24, 2.45) is 5.73 Å². The number of rotatable bonds is 1. The molecular weight excluding hydrogens is 154 g/mol. The molecule has 0 aromatic carbocycles. The van der Waals surface area contributed by atoms with Gasteiger partial charge >= 0.3 is 0 Å². The van der Waals surface area contributed by atoms with Crippen LogP contribution in [-0.2, 0) is 4.74 Å². The van der Waals surface area contributed by atoms with Gasteiger partial charge in [-0.15, -0.1) is 12.4 Å². The Balaban J connectivity index is 0.000000810. The minimum absolute atomic E-state index is 0. The zero-order valence-electron chi connectivity index (χ0n) is 5.82. The highest BCUT2D eigenvalue weighted by atomic mass is 35.5. The van der Waals surface area contributed by atoms with Crippen molar-refractivity contribution in [1.29, 1.82) is 0 Å². The van der Waals surface area contributed by atoms with Crippen LogP contribution in [0.1, 0.15) is 12.8 Å². The summed E-state index contributed by atoms with van der Waals surface area (Å²) in [6.07, 6.45) is 1.92. The Labute approximate surface area is 67.0 Å². The monoisotopic (exact) mass is 167 g/mol. The molecule has 1 heterocycles. The van der Waals surface area contributed by atoms with E-state index in [1.807, 2.05) is 0 Å². The molecular formula is C6H14ClNO2. The first-order valence-corrected chi connectivity index (χ1v) is 3.31. The van der Waals surface area contributed by atoms with Crippen LogP contribution < -0.4 is 5.73 Å². The van der Waals surface area contributed by atoms with Crippen LogP contribution >= 0.6 is 12.4 Å². The van der Waals surface area contributed by atoms with E-state index in [1.165, 1.54) is 0 Å². The van der Waals surface area contributed by atoms with Gasteiger partial charge < -0.3 is 15.6 Å². The number of aliphatic hydroxyl groups excluding tert-OH is 1. The summed E-state index contributed by atoms with van der Waals surface area (Å²) < 4.78 is 5.16. The Bertz CT molecular complexity index is 83.8. The lowest BCUT2D eigenvalue weighted by Crippen LogP contribution is -2.36. The quantitative estimate of drug-likeness (QED) is 0.574. The fourth-order valence-corrected chi connectivity index (χ4v) is 0.970. The lowest BCUT2D eigenvalue weighted by atomic mass is 10.1. The Morgan fingerprint density at radius 3 is 2.60 bits per heavy atom. The van der Waals surface area contributed by atoms with Gasteiger partial charge in [-0.3, -0.25) is 0 Å². The first kappa shape index (κ1) is 10.2. The van der Waals surface area contributed by atoms with E-state index >= 15 is 0 Å². The summed E-state index contributed by atoms with van der Waals surface area (Å²) in [4.78, 5) is 0. The number of hydrogen-bond acceptors (Lipinski definition) is 3. The number of hydrogen-bond donors (Lipinski definition) is 2. The van der Waals surface area contributed by atoms with Crippen molar-refractivity contribution in [3.05, 3.63) is 0 Å². The maximum atomic E-state index is 8.61. The number of ether oxygens (including phenoxy) is 1. The average molecular weight is 168 g/mol. The highest BCUT2D eigenvalue weighted by molar-refractivity contribution is 5.85. The molecule has 2 atom stereocenters. The topological polar surface area (TPSA) is 55.5 Å². The van der Waals surface area contributed by atoms with Crippen LogP contribution in [0.5, 0.6) is 0 Å². The standard InChI is InChI=1S/C6H13NO2.ClH/c7-5-1-2-6(3-8)9-4-5;/h5-6,8H,1-4,7H2;1H. The predicted molar refractivity (Wildman–Crippen MR) is 41.3 cm³/mol. The Hall–Kier alpha value is 0.170. The Morgan fingerprint density at radius 2 is 2.20 bits per heavy atom. The summed E-state index contributed by atoms with van der Waals surface area (Å²) in [5, 5.41) is 8.61. The third-order valence-electron chi connectivity index (χ3n) is 1.61. The van der Waals surface area contributed by atoms with Crippen molar-refractivity contribution in [1.82, 2.24) is 0 Å². The molecule has 2 unspecified atom stereocenters. The van der Waals surface area contributed by atoms with E-state index in [1.54, 1.807) is 0 Å². The van der Waals surface area contributed by atoms with Crippen molar-refractivity contribution in [3.8, 4) is 0 Å². The minimum Gasteiger partial charge on any atom is -0.394 e. The van der Waals surface area contributed by atoms with Gasteiger partial charge in [0.1, 0.15) is 0 Å². The van der Waals surface area contributed by atoms with Crippen LogP contribution in [0.15, 0.2) is 0 Å². The van der Waals surface area contributed by atoms with E-state index in [4.69, 9.17) is 15.6 Å². The molecule has 3 nitrogen and oxygen atoms in total. The fraction of sp³-hybridized carbons (Fsp3) is 1.00. The summed E-state index contributed by atoms with van der Waals surface area (Å²) in [6.45, 7) is 0.734. The highest BCUT2D eigenvalue weighted by Crippen LogP contribution is 2.10. The predicted octanol–water partition coefficient (Wildman–Crippen LogP) is -0.0932. The lowest BCUT2D eigenvalue weighted by molar-refractivity contribution is -0.0254. The molecule has 4 heteroatoms. The molecule has 1 rings (SSSR count). The molecule has 0 bridgehead atoms. The maximum Gasteiger partial charge on any atom is 0.0807 e. The first-order valence-electron chi connectivity index (χ1n) is 3.31. The lowest BCUT2D eigenvalue weighted by Gasteiger charge is -2.24. The van der Waals surface area contributed by atoms with Crippen LogP contribution in [0.4, 0.5) is 0 Å². The van der Waals surface area contributed by atoms with E-state index in [9.17, 15) is 0 Å². The molecule has 0 saturated carbocycles. The summed E-state index contributed by atoms with van der Waals surface area (Å²) in [7, 11) is 0. The summed E-state index contributed by atoms with van der Waals surface area (Å²) in [6, 6.07) is 0.188. The molecule has 0 radical (unpaired) electrons. The fourth-order valence-electron chi connectivity index (χ4n) is 0.970. The third kappa shape index (κ3) is 2.84. The molecule has 0 spiro atoms. The largest absolute Gasteiger partial charge is 0.394 e. The third-order valence-corrected chi connectivity index (χ3v) is 1.61. The van der Waals surface area contributed by atoms with Crippen LogP contribution in [-0.4, -0.2) is 30.5 Å². The zero-order chi connectivity index (χ0) is 6.69. The molecule has 1 fully saturated rings. The van der Waals surface area contributed by atoms with Crippen molar-refractivity contribution < 1.29 is 9.84 Å². The van der Waals surface area contributed by atoms with Gasteiger partial charge in [0.15, 0.2) is 0 Å². The van der Waals surface area contributed by atoms with E-state index in [0.29, 0.717) is 6.61 Å². The van der Waals surface area contributed by atoms with Gasteiger partial charge in [-0.1, -0.05) is 0 Å².